The molecule has 1 aromatic heterocycles. The molecule has 0 aliphatic carbocycles. The lowest BCUT2D eigenvalue weighted by Gasteiger charge is -2.36. The van der Waals surface area contributed by atoms with E-state index in [0.29, 0.717) is 13.0 Å². The van der Waals surface area contributed by atoms with Crippen LogP contribution in [0.25, 0.3) is 0 Å². The molecule has 0 amide bonds. The van der Waals surface area contributed by atoms with E-state index in [4.69, 9.17) is 4.74 Å². The van der Waals surface area contributed by atoms with Gasteiger partial charge in [-0.1, -0.05) is 0 Å². The van der Waals surface area contributed by atoms with E-state index in [-0.39, 0.29) is 11.5 Å². The Hall–Kier alpha value is -1.42. The molecule has 17 heavy (non-hydrogen) atoms. The van der Waals surface area contributed by atoms with Gasteiger partial charge in [0.2, 0.25) is 0 Å². The minimum atomic E-state index is -0.366. The summed E-state index contributed by atoms with van der Waals surface area (Å²) in [5.74, 6) is -0.180. The van der Waals surface area contributed by atoms with E-state index in [1.54, 1.807) is 12.4 Å². The van der Waals surface area contributed by atoms with Gasteiger partial charge in [-0.2, -0.15) is 0 Å². The maximum absolute atomic E-state index is 11.7. The van der Waals surface area contributed by atoms with Crippen LogP contribution in [0.1, 0.15) is 25.8 Å². The Labute approximate surface area is 103 Å². The monoisotopic (exact) mass is 236 g/mol. The van der Waals surface area contributed by atoms with Crippen LogP contribution in [0.15, 0.2) is 24.5 Å². The summed E-state index contributed by atoms with van der Waals surface area (Å²) in [7, 11) is 3.92. The number of carbonyl (C=O) groups is 1. The van der Waals surface area contributed by atoms with Gasteiger partial charge in [0.25, 0.3) is 0 Å². The molecule has 4 nitrogen and oxygen atoms in total. The minimum Gasteiger partial charge on any atom is -0.466 e. The number of esters is 1. The average molecular weight is 236 g/mol. The molecule has 0 bridgehead atoms. The van der Waals surface area contributed by atoms with Gasteiger partial charge in [-0.25, -0.2) is 0 Å². The fourth-order valence-electron chi connectivity index (χ4n) is 1.72. The second kappa shape index (κ2) is 5.77. The van der Waals surface area contributed by atoms with E-state index in [0.717, 1.165) is 5.56 Å². The van der Waals surface area contributed by atoms with Crippen LogP contribution >= 0.6 is 0 Å². The number of aromatic nitrogens is 1. The molecule has 0 saturated carbocycles. The van der Waals surface area contributed by atoms with Gasteiger partial charge in [0.05, 0.1) is 18.6 Å². The van der Waals surface area contributed by atoms with Gasteiger partial charge in [-0.05, 0) is 45.6 Å². The second-order valence-electron chi connectivity index (χ2n) is 4.39. The molecule has 1 atom stereocenters. The Morgan fingerprint density at radius 1 is 1.41 bits per heavy atom. The first-order valence-electron chi connectivity index (χ1n) is 5.74. The maximum atomic E-state index is 11.7. The van der Waals surface area contributed by atoms with Gasteiger partial charge in [0.1, 0.15) is 0 Å². The van der Waals surface area contributed by atoms with Crippen LogP contribution in [0.3, 0.4) is 0 Å². The molecular weight excluding hydrogens is 216 g/mol. The maximum Gasteiger partial charge on any atom is 0.307 e. The zero-order chi connectivity index (χ0) is 12.9. The van der Waals surface area contributed by atoms with Gasteiger partial charge >= 0.3 is 5.97 Å². The van der Waals surface area contributed by atoms with Gasteiger partial charge in [-0.3, -0.25) is 14.7 Å². The molecule has 1 unspecified atom stereocenters. The quantitative estimate of drug-likeness (QED) is 0.731. The summed E-state index contributed by atoms with van der Waals surface area (Å²) in [5, 5.41) is 0. The zero-order valence-electron chi connectivity index (χ0n) is 10.9. The van der Waals surface area contributed by atoms with E-state index >= 15 is 0 Å². The van der Waals surface area contributed by atoms with Gasteiger partial charge in [0, 0.05) is 12.4 Å². The van der Waals surface area contributed by atoms with Crippen LogP contribution in [0.5, 0.6) is 0 Å². The topological polar surface area (TPSA) is 42.4 Å². The van der Waals surface area contributed by atoms with E-state index in [1.165, 1.54) is 0 Å². The van der Waals surface area contributed by atoms with Crippen LogP contribution in [0, 0.1) is 0 Å². The summed E-state index contributed by atoms with van der Waals surface area (Å²) < 4.78 is 5.03. The van der Waals surface area contributed by atoms with Gasteiger partial charge in [-0.15, -0.1) is 0 Å². The summed E-state index contributed by atoms with van der Waals surface area (Å²) in [6, 6.07) is 3.86. The second-order valence-corrected chi connectivity index (χ2v) is 4.39. The van der Waals surface area contributed by atoms with Crippen LogP contribution in [-0.4, -0.2) is 36.6 Å². The van der Waals surface area contributed by atoms with Crippen molar-refractivity contribution in [3.63, 3.8) is 0 Å². The van der Waals surface area contributed by atoms with Crippen molar-refractivity contribution in [2.45, 2.75) is 25.8 Å². The predicted molar refractivity (Wildman–Crippen MR) is 66.5 cm³/mol. The lowest BCUT2D eigenvalue weighted by atomic mass is 9.88. The molecular formula is C13H20N2O2. The first-order chi connectivity index (χ1) is 8.00. The van der Waals surface area contributed by atoms with E-state index < -0.39 is 0 Å². The molecule has 0 radical (unpaired) electrons. The molecule has 1 aromatic rings. The first kappa shape index (κ1) is 13.6. The highest BCUT2D eigenvalue weighted by atomic mass is 16.5. The first-order valence-corrected chi connectivity index (χ1v) is 5.74. The van der Waals surface area contributed by atoms with Crippen molar-refractivity contribution in [3.8, 4) is 0 Å². The molecule has 4 heteroatoms. The number of nitrogens with zero attached hydrogens (tertiary/aromatic N) is 2. The number of hydrogen-bond donors (Lipinski definition) is 0. The largest absolute Gasteiger partial charge is 0.466 e. The molecule has 0 N–H and O–H groups in total. The lowest BCUT2D eigenvalue weighted by Crippen LogP contribution is -2.40. The third-order valence-electron chi connectivity index (χ3n) is 3.08. The lowest BCUT2D eigenvalue weighted by molar-refractivity contribution is -0.146. The van der Waals surface area contributed by atoms with Crippen molar-refractivity contribution < 1.29 is 9.53 Å². The summed E-state index contributed by atoms with van der Waals surface area (Å²) in [6.07, 6.45) is 3.81. The predicted octanol–water partition coefficient (Wildman–Crippen LogP) is 1.81. The van der Waals surface area contributed by atoms with Crippen molar-refractivity contribution in [1.82, 2.24) is 9.88 Å². The van der Waals surface area contributed by atoms with Crippen LogP contribution in [0.2, 0.25) is 0 Å². The van der Waals surface area contributed by atoms with Gasteiger partial charge < -0.3 is 4.74 Å². The molecule has 0 spiro atoms. The molecule has 0 aliphatic rings. The van der Waals surface area contributed by atoms with Crippen molar-refractivity contribution >= 4 is 5.97 Å². The molecule has 0 aliphatic heterocycles. The molecule has 0 aromatic carbocycles. The SMILES string of the molecule is CCOC(=O)CC(C)(c1ccncc1)N(C)C. The molecule has 0 saturated heterocycles. The van der Waals surface area contributed by atoms with Crippen molar-refractivity contribution in [3.05, 3.63) is 30.1 Å². The van der Waals surface area contributed by atoms with Gasteiger partial charge in [0.15, 0.2) is 0 Å². The molecule has 1 rings (SSSR count). The van der Waals surface area contributed by atoms with Crippen LogP contribution in [-0.2, 0) is 15.1 Å². The fourth-order valence-corrected chi connectivity index (χ4v) is 1.72. The van der Waals surface area contributed by atoms with Crippen LogP contribution in [0.4, 0.5) is 0 Å². The summed E-state index contributed by atoms with van der Waals surface area (Å²) in [4.78, 5) is 17.7. The smallest absolute Gasteiger partial charge is 0.307 e. The number of pyridine rings is 1. The van der Waals surface area contributed by atoms with Crippen molar-refractivity contribution in [2.24, 2.45) is 0 Å². The molecule has 94 valence electrons. The highest BCUT2D eigenvalue weighted by molar-refractivity contribution is 5.71. The van der Waals surface area contributed by atoms with Crippen molar-refractivity contribution in [2.75, 3.05) is 20.7 Å². The third kappa shape index (κ3) is 3.27. The Kier molecular flexibility index (Phi) is 4.63. The number of carbonyl (C=O) groups excluding carboxylic acids is 1. The minimum absolute atomic E-state index is 0.180. The van der Waals surface area contributed by atoms with E-state index in [1.807, 2.05) is 45.0 Å². The number of ether oxygens (including phenoxy) is 1. The Morgan fingerprint density at radius 2 is 2.00 bits per heavy atom. The zero-order valence-corrected chi connectivity index (χ0v) is 10.9. The highest BCUT2D eigenvalue weighted by Gasteiger charge is 2.32. The Bertz CT molecular complexity index is 365. The number of hydrogen-bond acceptors (Lipinski definition) is 4. The summed E-state index contributed by atoms with van der Waals surface area (Å²) in [6.45, 7) is 4.26. The third-order valence-corrected chi connectivity index (χ3v) is 3.08. The van der Waals surface area contributed by atoms with Crippen molar-refractivity contribution in [1.29, 1.82) is 0 Å². The average Bonchev–Trinajstić information content (AvgIpc) is 2.30. The number of rotatable bonds is 5. The van der Waals surface area contributed by atoms with Crippen LogP contribution < -0.4 is 0 Å². The normalized spacial score (nSPS) is 14.4. The fraction of sp³-hybridized carbons (Fsp3) is 0.538. The van der Waals surface area contributed by atoms with E-state index in [9.17, 15) is 4.79 Å². The van der Waals surface area contributed by atoms with E-state index in [2.05, 4.69) is 4.98 Å². The molecule has 1 heterocycles. The standard InChI is InChI=1S/C13H20N2O2/c1-5-17-12(16)10-13(2,15(3)4)11-6-8-14-9-7-11/h6-9H,5,10H2,1-4H3. The Morgan fingerprint density at radius 3 is 2.47 bits per heavy atom. The molecule has 0 fully saturated rings. The Balaban J connectivity index is 2.94. The summed E-state index contributed by atoms with van der Waals surface area (Å²) in [5.41, 5.74) is 0.695. The summed E-state index contributed by atoms with van der Waals surface area (Å²) >= 11 is 0. The highest BCUT2D eigenvalue weighted by Crippen LogP contribution is 2.29.